The van der Waals surface area contributed by atoms with Crippen LogP contribution in [0.4, 0.5) is 5.69 Å². The van der Waals surface area contributed by atoms with E-state index in [-0.39, 0.29) is 12.5 Å². The van der Waals surface area contributed by atoms with Gasteiger partial charge in [-0.25, -0.2) is 0 Å². The zero-order valence-corrected chi connectivity index (χ0v) is 12.4. The number of benzene rings is 2. The molecular weight excluding hydrogens is 278 g/mol. The van der Waals surface area contributed by atoms with Gasteiger partial charge in [0.25, 0.3) is 5.91 Å². The fraction of sp³-hybridized carbons (Fsp3) is 0.235. The first-order valence-corrected chi connectivity index (χ1v) is 7.25. The number of carbonyl (C=O) groups excluding carboxylic acids is 1. The van der Waals surface area contributed by atoms with Crippen LogP contribution in [-0.2, 0) is 11.3 Å². The molecule has 2 aromatic carbocycles. The van der Waals surface area contributed by atoms with Gasteiger partial charge in [-0.2, -0.15) is 0 Å². The summed E-state index contributed by atoms with van der Waals surface area (Å²) in [7, 11) is 0. The van der Waals surface area contributed by atoms with E-state index in [1.165, 1.54) is 0 Å². The average Bonchev–Trinajstić information content (AvgIpc) is 2.57. The number of rotatable bonds is 8. The Morgan fingerprint density at radius 1 is 1.09 bits per heavy atom. The fourth-order valence-electron chi connectivity index (χ4n) is 1.91. The van der Waals surface area contributed by atoms with Crippen LogP contribution in [0.2, 0.25) is 0 Å². The molecule has 0 saturated carbocycles. The number of anilines is 1. The lowest BCUT2D eigenvalue weighted by Crippen LogP contribution is -2.28. The minimum atomic E-state index is -0.149. The van der Waals surface area contributed by atoms with Crippen molar-refractivity contribution >= 4 is 11.6 Å². The maximum absolute atomic E-state index is 11.8. The van der Waals surface area contributed by atoms with Crippen molar-refractivity contribution < 1.29 is 9.53 Å². The Balaban J connectivity index is 1.76. The molecule has 5 heteroatoms. The standard InChI is InChI=1S/C17H21N3O2/c18-9-10-19-15-7-4-8-16(11-15)22-13-17(21)20-12-14-5-2-1-3-6-14/h1-8,11,19H,9-10,12-13,18H2,(H,20,21). The molecule has 0 aromatic heterocycles. The van der Waals surface area contributed by atoms with Crippen molar-refractivity contribution in [3.63, 3.8) is 0 Å². The number of hydrogen-bond acceptors (Lipinski definition) is 4. The smallest absolute Gasteiger partial charge is 0.258 e. The molecular formula is C17H21N3O2. The van der Waals surface area contributed by atoms with E-state index < -0.39 is 0 Å². The first-order chi connectivity index (χ1) is 10.8. The van der Waals surface area contributed by atoms with Crippen molar-refractivity contribution in [2.75, 3.05) is 25.0 Å². The number of amides is 1. The highest BCUT2D eigenvalue weighted by Crippen LogP contribution is 2.16. The monoisotopic (exact) mass is 299 g/mol. The lowest BCUT2D eigenvalue weighted by Gasteiger charge is -2.10. The highest BCUT2D eigenvalue weighted by molar-refractivity contribution is 5.77. The van der Waals surface area contributed by atoms with Gasteiger partial charge in [0, 0.05) is 31.4 Å². The van der Waals surface area contributed by atoms with Crippen LogP contribution >= 0.6 is 0 Å². The molecule has 0 bridgehead atoms. The molecule has 4 N–H and O–H groups in total. The van der Waals surface area contributed by atoms with Gasteiger partial charge in [-0.05, 0) is 17.7 Å². The van der Waals surface area contributed by atoms with Crippen molar-refractivity contribution in [3.8, 4) is 5.75 Å². The maximum Gasteiger partial charge on any atom is 0.258 e. The third kappa shape index (κ3) is 5.46. The lowest BCUT2D eigenvalue weighted by atomic mass is 10.2. The summed E-state index contributed by atoms with van der Waals surface area (Å²) in [5, 5.41) is 5.99. The summed E-state index contributed by atoms with van der Waals surface area (Å²) < 4.78 is 5.49. The fourth-order valence-corrected chi connectivity index (χ4v) is 1.91. The normalized spacial score (nSPS) is 10.0. The van der Waals surface area contributed by atoms with Gasteiger partial charge in [0.05, 0.1) is 0 Å². The van der Waals surface area contributed by atoms with Crippen molar-refractivity contribution in [3.05, 3.63) is 60.2 Å². The largest absolute Gasteiger partial charge is 0.484 e. The van der Waals surface area contributed by atoms with Crippen molar-refractivity contribution in [1.29, 1.82) is 0 Å². The van der Waals surface area contributed by atoms with E-state index in [4.69, 9.17) is 10.5 Å². The van der Waals surface area contributed by atoms with Crippen molar-refractivity contribution in [2.24, 2.45) is 5.73 Å². The van der Waals surface area contributed by atoms with Crippen LogP contribution in [0.3, 0.4) is 0 Å². The highest BCUT2D eigenvalue weighted by Gasteiger charge is 2.03. The van der Waals surface area contributed by atoms with Gasteiger partial charge in [0.1, 0.15) is 5.75 Å². The predicted octanol–water partition coefficient (Wildman–Crippen LogP) is 1.75. The molecule has 1 amide bonds. The van der Waals surface area contributed by atoms with Crippen LogP contribution in [0, 0.1) is 0 Å². The molecule has 22 heavy (non-hydrogen) atoms. The number of nitrogens with one attached hydrogen (secondary N) is 2. The highest BCUT2D eigenvalue weighted by atomic mass is 16.5. The van der Waals surface area contributed by atoms with E-state index in [1.807, 2.05) is 54.6 Å². The second kappa shape index (κ2) is 8.69. The van der Waals surface area contributed by atoms with E-state index in [9.17, 15) is 4.79 Å². The molecule has 0 spiro atoms. The summed E-state index contributed by atoms with van der Waals surface area (Å²) >= 11 is 0. The summed E-state index contributed by atoms with van der Waals surface area (Å²) in [6.45, 7) is 1.75. The molecule has 0 aliphatic heterocycles. The van der Waals surface area contributed by atoms with Gasteiger partial charge in [0.15, 0.2) is 6.61 Å². The maximum atomic E-state index is 11.8. The van der Waals surface area contributed by atoms with Crippen molar-refractivity contribution in [2.45, 2.75) is 6.54 Å². The van der Waals surface area contributed by atoms with Gasteiger partial charge >= 0.3 is 0 Å². The van der Waals surface area contributed by atoms with Crippen LogP contribution in [0.1, 0.15) is 5.56 Å². The molecule has 116 valence electrons. The van der Waals surface area contributed by atoms with E-state index >= 15 is 0 Å². The Kier molecular flexibility index (Phi) is 6.26. The summed E-state index contributed by atoms with van der Waals surface area (Å²) in [4.78, 5) is 11.8. The SMILES string of the molecule is NCCNc1cccc(OCC(=O)NCc2ccccc2)c1. The van der Waals surface area contributed by atoms with Gasteiger partial charge in [0.2, 0.25) is 0 Å². The molecule has 0 fully saturated rings. The predicted molar refractivity (Wildman–Crippen MR) is 87.8 cm³/mol. The van der Waals surface area contributed by atoms with Crippen LogP contribution < -0.4 is 21.1 Å². The number of carbonyl (C=O) groups is 1. The Morgan fingerprint density at radius 2 is 1.91 bits per heavy atom. The minimum absolute atomic E-state index is 0.00677. The van der Waals surface area contributed by atoms with Crippen molar-refractivity contribution in [1.82, 2.24) is 5.32 Å². The molecule has 5 nitrogen and oxygen atoms in total. The second-order valence-corrected chi connectivity index (χ2v) is 4.79. The van der Waals surface area contributed by atoms with E-state index in [2.05, 4.69) is 10.6 Å². The minimum Gasteiger partial charge on any atom is -0.484 e. The molecule has 0 saturated heterocycles. The summed E-state index contributed by atoms with van der Waals surface area (Å²) in [6, 6.07) is 17.2. The van der Waals surface area contributed by atoms with Crippen LogP contribution in [-0.4, -0.2) is 25.6 Å². The Labute approximate surface area is 130 Å². The molecule has 0 radical (unpaired) electrons. The van der Waals surface area contributed by atoms with Gasteiger partial charge in [-0.1, -0.05) is 36.4 Å². The number of hydrogen-bond donors (Lipinski definition) is 3. The molecule has 2 rings (SSSR count). The zero-order chi connectivity index (χ0) is 15.6. The van der Waals surface area contributed by atoms with E-state index in [0.717, 1.165) is 11.3 Å². The second-order valence-electron chi connectivity index (χ2n) is 4.79. The Bertz CT molecular complexity index is 587. The quantitative estimate of drug-likeness (QED) is 0.694. The van der Waals surface area contributed by atoms with Gasteiger partial charge < -0.3 is 21.1 Å². The van der Waals surface area contributed by atoms with Crippen LogP contribution in [0.25, 0.3) is 0 Å². The molecule has 0 aliphatic rings. The topological polar surface area (TPSA) is 76.4 Å². The van der Waals surface area contributed by atoms with Crippen LogP contribution in [0.5, 0.6) is 5.75 Å². The first kappa shape index (κ1) is 15.9. The Hall–Kier alpha value is -2.53. The molecule has 2 aromatic rings. The molecule has 0 unspecified atom stereocenters. The summed E-state index contributed by atoms with van der Waals surface area (Å²) in [5.41, 5.74) is 7.43. The third-order valence-corrected chi connectivity index (χ3v) is 3.01. The third-order valence-electron chi connectivity index (χ3n) is 3.01. The number of nitrogens with two attached hydrogens (primary N) is 1. The zero-order valence-electron chi connectivity index (χ0n) is 12.4. The van der Waals surface area contributed by atoms with Crippen LogP contribution in [0.15, 0.2) is 54.6 Å². The first-order valence-electron chi connectivity index (χ1n) is 7.25. The summed E-state index contributed by atoms with van der Waals surface area (Å²) in [6.07, 6.45) is 0. The lowest BCUT2D eigenvalue weighted by molar-refractivity contribution is -0.123. The average molecular weight is 299 g/mol. The molecule has 0 heterocycles. The Morgan fingerprint density at radius 3 is 2.68 bits per heavy atom. The summed E-state index contributed by atoms with van der Waals surface area (Å²) in [5.74, 6) is 0.501. The van der Waals surface area contributed by atoms with Gasteiger partial charge in [-0.15, -0.1) is 0 Å². The van der Waals surface area contributed by atoms with E-state index in [1.54, 1.807) is 0 Å². The molecule has 0 aliphatic carbocycles. The number of ether oxygens (including phenoxy) is 1. The van der Waals surface area contributed by atoms with E-state index in [0.29, 0.717) is 25.4 Å². The van der Waals surface area contributed by atoms with Gasteiger partial charge in [-0.3, -0.25) is 4.79 Å². The molecule has 0 atom stereocenters.